The summed E-state index contributed by atoms with van der Waals surface area (Å²) in [4.78, 5) is 0. The van der Waals surface area contributed by atoms with Gasteiger partial charge in [0.25, 0.3) is 0 Å². The van der Waals surface area contributed by atoms with Crippen LogP contribution in [-0.4, -0.2) is 22.1 Å². The molecule has 2 rings (SSSR count). The largest absolute Gasteiger partial charge is 0.380 e. The third-order valence-corrected chi connectivity index (χ3v) is 2.86. The summed E-state index contributed by atoms with van der Waals surface area (Å²) in [5.41, 5.74) is 2.95. The van der Waals surface area contributed by atoms with Gasteiger partial charge in [0.1, 0.15) is 5.52 Å². The second-order valence-electron chi connectivity index (χ2n) is 3.04. The number of hydrogen-bond donors (Lipinski definition) is 0. The van der Waals surface area contributed by atoms with E-state index in [4.69, 9.17) is 4.74 Å². The molecule has 0 radical (unpaired) electrons. The topological polar surface area (TPSA) is 39.9 Å². The minimum absolute atomic E-state index is 0.538. The average molecular weight is 256 g/mol. The molecule has 4 nitrogen and oxygen atoms in total. The molecule has 0 atom stereocenters. The lowest BCUT2D eigenvalue weighted by Gasteiger charge is -2.03. The van der Waals surface area contributed by atoms with Crippen LogP contribution in [0.5, 0.6) is 0 Å². The molecule has 1 heterocycles. The Hall–Kier alpha value is -0.940. The lowest BCUT2D eigenvalue weighted by Crippen LogP contribution is -1.92. The van der Waals surface area contributed by atoms with Gasteiger partial charge in [-0.1, -0.05) is 21.1 Å². The first kappa shape index (κ1) is 9.61. The van der Waals surface area contributed by atoms with Crippen LogP contribution in [0.25, 0.3) is 11.0 Å². The van der Waals surface area contributed by atoms with Crippen molar-refractivity contribution in [1.82, 2.24) is 15.0 Å². The van der Waals surface area contributed by atoms with Gasteiger partial charge in [0, 0.05) is 24.2 Å². The number of ether oxygens (including phenoxy) is 1. The number of benzene rings is 1. The fraction of sp³-hybridized carbons (Fsp3) is 0.333. The van der Waals surface area contributed by atoms with Gasteiger partial charge in [-0.3, -0.25) is 0 Å². The molecule has 0 aliphatic rings. The average Bonchev–Trinajstić information content (AvgIpc) is 2.53. The van der Waals surface area contributed by atoms with Gasteiger partial charge in [0.15, 0.2) is 0 Å². The molecule has 1 aromatic carbocycles. The highest BCUT2D eigenvalue weighted by atomic mass is 79.9. The first-order valence-electron chi connectivity index (χ1n) is 4.19. The molecule has 14 heavy (non-hydrogen) atoms. The van der Waals surface area contributed by atoms with E-state index in [2.05, 4.69) is 26.2 Å². The maximum Gasteiger partial charge on any atom is 0.119 e. The van der Waals surface area contributed by atoms with E-state index in [1.807, 2.05) is 19.2 Å². The highest BCUT2D eigenvalue weighted by molar-refractivity contribution is 9.10. The monoisotopic (exact) mass is 255 g/mol. The van der Waals surface area contributed by atoms with Crippen LogP contribution in [0.1, 0.15) is 5.56 Å². The Labute approximate surface area is 90.0 Å². The summed E-state index contributed by atoms with van der Waals surface area (Å²) in [6.07, 6.45) is 0. The quantitative estimate of drug-likeness (QED) is 0.823. The second-order valence-corrected chi connectivity index (χ2v) is 3.89. The van der Waals surface area contributed by atoms with Crippen molar-refractivity contribution in [2.24, 2.45) is 7.05 Å². The first-order valence-corrected chi connectivity index (χ1v) is 4.99. The molecule has 0 saturated carbocycles. The zero-order valence-corrected chi connectivity index (χ0v) is 9.58. The summed E-state index contributed by atoms with van der Waals surface area (Å²) < 4.78 is 7.88. The Bertz CT molecular complexity index is 466. The van der Waals surface area contributed by atoms with Crippen LogP contribution in [0.15, 0.2) is 16.6 Å². The van der Waals surface area contributed by atoms with E-state index < -0.39 is 0 Å². The van der Waals surface area contributed by atoms with E-state index in [0.29, 0.717) is 6.61 Å². The molecule has 0 bridgehead atoms. The lowest BCUT2D eigenvalue weighted by atomic mass is 10.2. The number of aromatic nitrogens is 3. The van der Waals surface area contributed by atoms with E-state index in [-0.39, 0.29) is 0 Å². The maximum absolute atomic E-state index is 5.12. The Morgan fingerprint density at radius 3 is 3.00 bits per heavy atom. The van der Waals surface area contributed by atoms with Crippen molar-refractivity contribution < 1.29 is 4.74 Å². The van der Waals surface area contributed by atoms with Crippen molar-refractivity contribution >= 4 is 27.0 Å². The van der Waals surface area contributed by atoms with Crippen LogP contribution in [0.4, 0.5) is 0 Å². The Kier molecular flexibility index (Phi) is 2.52. The summed E-state index contributed by atoms with van der Waals surface area (Å²) >= 11 is 3.47. The summed E-state index contributed by atoms with van der Waals surface area (Å²) in [5.74, 6) is 0. The minimum atomic E-state index is 0.538. The number of methoxy groups -OCH3 is 1. The number of aryl methyl sites for hydroxylation is 1. The summed E-state index contributed by atoms with van der Waals surface area (Å²) in [6, 6.07) is 3.97. The normalized spacial score (nSPS) is 11.1. The second kappa shape index (κ2) is 3.67. The van der Waals surface area contributed by atoms with Crippen LogP contribution < -0.4 is 0 Å². The van der Waals surface area contributed by atoms with Crippen LogP contribution in [0, 0.1) is 0 Å². The molecule has 0 unspecified atom stereocenters. The molecule has 0 aliphatic carbocycles. The van der Waals surface area contributed by atoms with E-state index in [0.717, 1.165) is 21.1 Å². The number of fused-ring (bicyclic) bond motifs is 1. The van der Waals surface area contributed by atoms with Gasteiger partial charge in [-0.2, -0.15) is 0 Å². The number of halogens is 1. The van der Waals surface area contributed by atoms with E-state index in [1.54, 1.807) is 11.8 Å². The Morgan fingerprint density at radius 1 is 1.50 bits per heavy atom. The molecule has 1 aromatic heterocycles. The Balaban J connectivity index is 2.70. The van der Waals surface area contributed by atoms with Crippen LogP contribution >= 0.6 is 15.9 Å². The van der Waals surface area contributed by atoms with Gasteiger partial charge >= 0.3 is 0 Å². The van der Waals surface area contributed by atoms with Crippen LogP contribution in [-0.2, 0) is 18.4 Å². The smallest absolute Gasteiger partial charge is 0.119 e. The molecule has 0 saturated heterocycles. The fourth-order valence-electron chi connectivity index (χ4n) is 1.41. The highest BCUT2D eigenvalue weighted by Gasteiger charge is 2.10. The predicted octanol–water partition coefficient (Wildman–Crippen LogP) is 1.88. The van der Waals surface area contributed by atoms with Crippen LogP contribution in [0.3, 0.4) is 0 Å². The molecule has 74 valence electrons. The van der Waals surface area contributed by atoms with Crippen molar-refractivity contribution in [3.05, 3.63) is 22.2 Å². The summed E-state index contributed by atoms with van der Waals surface area (Å²) in [6.45, 7) is 0.538. The number of rotatable bonds is 2. The van der Waals surface area contributed by atoms with E-state index >= 15 is 0 Å². The first-order chi connectivity index (χ1) is 6.74. The Morgan fingerprint density at radius 2 is 2.29 bits per heavy atom. The minimum Gasteiger partial charge on any atom is -0.380 e. The maximum atomic E-state index is 5.12. The third-order valence-electron chi connectivity index (χ3n) is 2.12. The predicted molar refractivity (Wildman–Crippen MR) is 56.9 cm³/mol. The van der Waals surface area contributed by atoms with Gasteiger partial charge in [-0.25, -0.2) is 4.68 Å². The van der Waals surface area contributed by atoms with Crippen molar-refractivity contribution in [3.8, 4) is 0 Å². The van der Waals surface area contributed by atoms with Gasteiger partial charge in [-0.05, 0) is 12.1 Å². The van der Waals surface area contributed by atoms with E-state index in [1.165, 1.54) is 0 Å². The van der Waals surface area contributed by atoms with Crippen molar-refractivity contribution in [2.45, 2.75) is 6.61 Å². The highest BCUT2D eigenvalue weighted by Crippen LogP contribution is 2.24. The molecule has 2 aromatic rings. The van der Waals surface area contributed by atoms with Crippen molar-refractivity contribution in [3.63, 3.8) is 0 Å². The van der Waals surface area contributed by atoms with Gasteiger partial charge in [0.2, 0.25) is 0 Å². The number of nitrogens with zero attached hydrogens (tertiary/aromatic N) is 3. The van der Waals surface area contributed by atoms with Gasteiger partial charge in [0.05, 0.1) is 12.1 Å². The SMILES string of the molecule is COCc1c(Br)ccc2c1nnn2C. The van der Waals surface area contributed by atoms with Gasteiger partial charge in [-0.15, -0.1) is 5.10 Å². The lowest BCUT2D eigenvalue weighted by molar-refractivity contribution is 0.185. The summed E-state index contributed by atoms with van der Waals surface area (Å²) in [7, 11) is 3.54. The van der Waals surface area contributed by atoms with Crippen LogP contribution in [0.2, 0.25) is 0 Å². The van der Waals surface area contributed by atoms with Crippen molar-refractivity contribution in [1.29, 1.82) is 0 Å². The fourth-order valence-corrected chi connectivity index (χ4v) is 1.85. The standard InChI is InChI=1S/C9H10BrN3O/c1-13-8-4-3-7(10)6(5-14-2)9(8)11-12-13/h3-4H,5H2,1-2H3. The number of hydrogen-bond acceptors (Lipinski definition) is 3. The molecule has 5 heteroatoms. The van der Waals surface area contributed by atoms with Gasteiger partial charge < -0.3 is 4.74 Å². The molecule has 0 N–H and O–H groups in total. The zero-order valence-electron chi connectivity index (χ0n) is 7.99. The molecule has 0 aliphatic heterocycles. The molecular weight excluding hydrogens is 246 g/mol. The molecule has 0 amide bonds. The zero-order chi connectivity index (χ0) is 10.1. The van der Waals surface area contributed by atoms with Crippen molar-refractivity contribution in [2.75, 3.05) is 7.11 Å². The van der Waals surface area contributed by atoms with E-state index in [9.17, 15) is 0 Å². The molecule has 0 spiro atoms. The molecular formula is C9H10BrN3O. The third kappa shape index (κ3) is 1.42. The molecule has 0 fully saturated rings. The summed E-state index contributed by atoms with van der Waals surface area (Å²) in [5, 5.41) is 8.07.